The highest BCUT2D eigenvalue weighted by molar-refractivity contribution is 7.12. The van der Waals surface area contributed by atoms with Crippen molar-refractivity contribution in [3.8, 4) is 0 Å². The van der Waals surface area contributed by atoms with Crippen LogP contribution in [-0.4, -0.2) is 25.7 Å². The van der Waals surface area contributed by atoms with Crippen molar-refractivity contribution in [2.75, 3.05) is 0 Å². The summed E-state index contributed by atoms with van der Waals surface area (Å²) < 4.78 is 44.6. The Morgan fingerprint density at radius 2 is 2.00 bits per heavy atom. The van der Waals surface area contributed by atoms with Crippen LogP contribution in [0.5, 0.6) is 0 Å². The number of aliphatic hydroxyl groups excluding tert-OH is 2. The van der Waals surface area contributed by atoms with E-state index in [0.717, 1.165) is 24.2 Å². The third kappa shape index (κ3) is 2.66. The summed E-state index contributed by atoms with van der Waals surface area (Å²) in [6, 6.07) is 1.24. The van der Waals surface area contributed by atoms with Crippen LogP contribution in [0.4, 0.5) is 13.2 Å². The summed E-state index contributed by atoms with van der Waals surface area (Å²) in [6.07, 6.45) is -0.935. The van der Waals surface area contributed by atoms with Crippen LogP contribution in [-0.2, 0) is 6.42 Å². The number of aliphatic hydroxyl groups is 2. The maximum absolute atomic E-state index is 15.3. The second-order valence-corrected chi connectivity index (χ2v) is 9.44. The molecule has 2 aromatic rings. The van der Waals surface area contributed by atoms with Gasteiger partial charge in [0.25, 0.3) is 11.5 Å². The van der Waals surface area contributed by atoms with Crippen molar-refractivity contribution in [1.29, 1.82) is 0 Å². The molecule has 5 rings (SSSR count). The second-order valence-electron chi connectivity index (χ2n) is 8.27. The molecular weight excluding hydrogens is 421 g/mol. The van der Waals surface area contributed by atoms with Gasteiger partial charge in [-0.1, -0.05) is 6.92 Å². The van der Waals surface area contributed by atoms with Gasteiger partial charge in [0.15, 0.2) is 11.6 Å². The Bertz CT molecular complexity index is 1210. The van der Waals surface area contributed by atoms with Crippen molar-refractivity contribution in [3.63, 3.8) is 0 Å². The molecule has 3 aliphatic carbocycles. The van der Waals surface area contributed by atoms with E-state index in [0.29, 0.717) is 9.75 Å². The van der Waals surface area contributed by atoms with Crippen LogP contribution < -0.4 is 11.2 Å². The zero-order valence-corrected chi connectivity index (χ0v) is 16.7. The van der Waals surface area contributed by atoms with Crippen molar-refractivity contribution in [2.45, 2.75) is 62.5 Å². The molecule has 3 unspecified atom stereocenters. The van der Waals surface area contributed by atoms with Gasteiger partial charge in [-0.05, 0) is 25.3 Å². The van der Waals surface area contributed by atoms with Crippen LogP contribution in [0.1, 0.15) is 76.7 Å². The number of nitrogens with zero attached hydrogens (tertiary/aromatic N) is 1. The van der Waals surface area contributed by atoms with E-state index in [1.165, 1.54) is 10.6 Å². The highest BCUT2D eigenvalue weighted by atomic mass is 32.1. The molecule has 0 aromatic carbocycles. The molecule has 30 heavy (non-hydrogen) atoms. The lowest BCUT2D eigenvalue weighted by Crippen LogP contribution is -2.38. The molecule has 1 fully saturated rings. The lowest BCUT2D eigenvalue weighted by Gasteiger charge is -2.31. The number of aromatic nitrogens is 2. The van der Waals surface area contributed by atoms with E-state index in [4.69, 9.17) is 0 Å². The number of alkyl halides is 2. The number of H-pyrrole nitrogens is 1. The number of halogens is 3. The summed E-state index contributed by atoms with van der Waals surface area (Å²) in [4.78, 5) is 27.9. The Balaban J connectivity index is 1.69. The molecule has 3 aliphatic rings. The Labute approximate surface area is 172 Å². The molecule has 6 nitrogen and oxygen atoms in total. The molecule has 10 heteroatoms. The van der Waals surface area contributed by atoms with E-state index in [1.807, 2.05) is 0 Å². The first-order chi connectivity index (χ1) is 14.1. The van der Waals surface area contributed by atoms with E-state index in [1.54, 1.807) is 6.92 Å². The maximum atomic E-state index is 15.3. The molecule has 3 N–H and O–H groups in total. The molecule has 0 radical (unpaired) electrons. The number of aryl methyl sites for hydroxylation is 1. The summed E-state index contributed by atoms with van der Waals surface area (Å²) >= 11 is 1.12. The normalized spacial score (nSPS) is 27.7. The van der Waals surface area contributed by atoms with Gasteiger partial charge in [-0.2, -0.15) is 0 Å². The summed E-state index contributed by atoms with van der Waals surface area (Å²) in [7, 11) is 0. The van der Waals surface area contributed by atoms with Crippen molar-refractivity contribution in [1.82, 2.24) is 9.55 Å². The van der Waals surface area contributed by atoms with Gasteiger partial charge >= 0.3 is 5.69 Å². The quantitative estimate of drug-likeness (QED) is 0.665. The van der Waals surface area contributed by atoms with Crippen LogP contribution in [0.25, 0.3) is 5.76 Å². The van der Waals surface area contributed by atoms with Gasteiger partial charge in [0, 0.05) is 39.4 Å². The zero-order valence-electron chi connectivity index (χ0n) is 15.9. The second kappa shape index (κ2) is 6.34. The van der Waals surface area contributed by atoms with Gasteiger partial charge in [0.1, 0.15) is 11.7 Å². The third-order valence-corrected chi connectivity index (χ3v) is 7.60. The molecule has 0 bridgehead atoms. The zero-order chi connectivity index (χ0) is 21.5. The largest absolute Gasteiger partial charge is 0.504 e. The van der Waals surface area contributed by atoms with E-state index in [9.17, 15) is 28.6 Å². The van der Waals surface area contributed by atoms with E-state index in [2.05, 4.69) is 4.98 Å². The van der Waals surface area contributed by atoms with Crippen molar-refractivity contribution in [2.24, 2.45) is 0 Å². The first-order valence-corrected chi connectivity index (χ1v) is 10.6. The summed E-state index contributed by atoms with van der Waals surface area (Å²) in [5, 5.41) is 20.6. The fourth-order valence-corrected chi connectivity index (χ4v) is 6.04. The Hall–Kier alpha value is -2.33. The minimum atomic E-state index is -3.26. The topological polar surface area (TPSA) is 95.3 Å². The predicted octanol–water partition coefficient (Wildman–Crippen LogP) is 3.64. The van der Waals surface area contributed by atoms with Gasteiger partial charge in [0.2, 0.25) is 0 Å². The molecule has 1 saturated carbocycles. The first kappa shape index (κ1) is 19.6. The molecule has 3 atom stereocenters. The average Bonchev–Trinajstić information content (AvgIpc) is 3.41. The number of aromatic amines is 1. The smallest absolute Gasteiger partial charge is 0.328 e. The summed E-state index contributed by atoms with van der Waals surface area (Å²) in [5.74, 6) is -6.77. The van der Waals surface area contributed by atoms with Gasteiger partial charge in [-0.15, -0.1) is 11.3 Å². The SMILES string of the molecule is CC1c2c(c(=O)[nH]c(=O)n2C2CC2)C(O)=C(F)C1c1cc2c(s1)CCC(F)(F)C2O. The highest BCUT2D eigenvalue weighted by Gasteiger charge is 2.46. The van der Waals surface area contributed by atoms with E-state index in [-0.39, 0.29) is 29.3 Å². The number of hydrogen-bond acceptors (Lipinski definition) is 5. The van der Waals surface area contributed by atoms with Crippen LogP contribution >= 0.6 is 11.3 Å². The maximum Gasteiger partial charge on any atom is 0.328 e. The molecule has 0 aliphatic heterocycles. The van der Waals surface area contributed by atoms with Crippen molar-refractivity contribution in [3.05, 3.63) is 59.3 Å². The number of nitrogens with one attached hydrogen (secondary N) is 1. The summed E-state index contributed by atoms with van der Waals surface area (Å²) in [5.41, 5.74) is -1.39. The van der Waals surface area contributed by atoms with E-state index < -0.39 is 53.1 Å². The van der Waals surface area contributed by atoms with Crippen LogP contribution in [0, 0.1) is 0 Å². The Kier molecular flexibility index (Phi) is 4.14. The van der Waals surface area contributed by atoms with Gasteiger partial charge in [-0.3, -0.25) is 14.3 Å². The minimum absolute atomic E-state index is 0.0610. The standard InChI is InChI=1S/C20H19F3N2O4S/c1-7-12(11-6-9-10(30-11)4-5-20(22,23)17(9)27)14(21)16(26)13-15(7)25(8-2-3-8)19(29)24-18(13)28/h6-8,12,17,26-27H,2-5H2,1H3,(H,24,28,29). The number of hydrogen-bond donors (Lipinski definition) is 3. The fraction of sp³-hybridized carbons (Fsp3) is 0.500. The molecular formula is C20H19F3N2O4S. The minimum Gasteiger partial charge on any atom is -0.504 e. The predicted molar refractivity (Wildman–Crippen MR) is 104 cm³/mol. The van der Waals surface area contributed by atoms with Crippen molar-refractivity contribution < 1.29 is 23.4 Å². The number of rotatable bonds is 2. The van der Waals surface area contributed by atoms with Gasteiger partial charge < -0.3 is 10.2 Å². The summed E-state index contributed by atoms with van der Waals surface area (Å²) in [6.45, 7) is 1.65. The number of fused-ring (bicyclic) bond motifs is 2. The lowest BCUT2D eigenvalue weighted by molar-refractivity contribution is -0.121. The molecule has 0 spiro atoms. The Morgan fingerprint density at radius 3 is 2.67 bits per heavy atom. The van der Waals surface area contributed by atoms with Gasteiger partial charge in [-0.25, -0.2) is 18.0 Å². The third-order valence-electron chi connectivity index (χ3n) is 6.31. The molecule has 2 heterocycles. The number of allylic oxidation sites excluding steroid dienone is 1. The lowest BCUT2D eigenvalue weighted by atomic mass is 9.80. The van der Waals surface area contributed by atoms with Gasteiger partial charge in [0.05, 0.1) is 5.92 Å². The van der Waals surface area contributed by atoms with E-state index >= 15 is 4.39 Å². The monoisotopic (exact) mass is 440 g/mol. The number of thiophene rings is 1. The average molecular weight is 440 g/mol. The Morgan fingerprint density at radius 1 is 1.30 bits per heavy atom. The first-order valence-electron chi connectivity index (χ1n) is 9.78. The molecule has 2 aromatic heterocycles. The van der Waals surface area contributed by atoms with Crippen LogP contribution in [0.2, 0.25) is 0 Å². The fourth-order valence-electron chi connectivity index (χ4n) is 4.64. The molecule has 0 saturated heterocycles. The van der Waals surface area contributed by atoms with Crippen LogP contribution in [0.15, 0.2) is 21.5 Å². The highest BCUT2D eigenvalue weighted by Crippen LogP contribution is 2.52. The van der Waals surface area contributed by atoms with Crippen molar-refractivity contribution >= 4 is 17.1 Å². The molecule has 160 valence electrons. The molecule has 0 amide bonds. The van der Waals surface area contributed by atoms with Crippen LogP contribution in [0.3, 0.4) is 0 Å².